The second-order valence-electron chi connectivity index (χ2n) is 2.33. The number of rotatable bonds is 2. The summed E-state index contributed by atoms with van der Waals surface area (Å²) < 4.78 is 0. The first-order chi connectivity index (χ1) is 5.70. The minimum absolute atomic E-state index is 0.380. The van der Waals surface area contributed by atoms with Crippen molar-refractivity contribution in [1.29, 1.82) is 0 Å². The Labute approximate surface area is 70.5 Å². The van der Waals surface area contributed by atoms with Gasteiger partial charge >= 0.3 is 0 Å². The van der Waals surface area contributed by atoms with Crippen LogP contribution in [0.5, 0.6) is 0 Å². The SMILES string of the molecule is N/C(=C\[C@@H](N)O)c1ccccn1. The van der Waals surface area contributed by atoms with Gasteiger partial charge in [-0.1, -0.05) is 6.07 Å². The van der Waals surface area contributed by atoms with Gasteiger partial charge in [0.25, 0.3) is 0 Å². The molecular formula is C8H11N3O. The molecule has 0 saturated heterocycles. The molecule has 4 heteroatoms. The fourth-order valence-corrected chi connectivity index (χ4v) is 0.803. The van der Waals surface area contributed by atoms with Crippen LogP contribution in [0, 0.1) is 0 Å². The van der Waals surface area contributed by atoms with Crippen molar-refractivity contribution < 1.29 is 5.11 Å². The van der Waals surface area contributed by atoms with Gasteiger partial charge in [0.1, 0.15) is 6.23 Å². The van der Waals surface area contributed by atoms with E-state index in [0.29, 0.717) is 11.4 Å². The summed E-state index contributed by atoms with van der Waals surface area (Å²) in [5.41, 5.74) is 11.6. The van der Waals surface area contributed by atoms with Gasteiger partial charge in [0.15, 0.2) is 0 Å². The summed E-state index contributed by atoms with van der Waals surface area (Å²) in [6.07, 6.45) is 1.92. The van der Waals surface area contributed by atoms with Gasteiger partial charge in [-0.2, -0.15) is 0 Å². The topological polar surface area (TPSA) is 85.2 Å². The Morgan fingerprint density at radius 2 is 2.33 bits per heavy atom. The van der Waals surface area contributed by atoms with E-state index in [9.17, 15) is 0 Å². The summed E-state index contributed by atoms with van der Waals surface area (Å²) in [5, 5.41) is 8.78. The molecule has 4 nitrogen and oxygen atoms in total. The van der Waals surface area contributed by atoms with Gasteiger partial charge in [0.2, 0.25) is 0 Å². The van der Waals surface area contributed by atoms with E-state index in [2.05, 4.69) is 4.98 Å². The Morgan fingerprint density at radius 1 is 1.58 bits per heavy atom. The monoisotopic (exact) mass is 165 g/mol. The van der Waals surface area contributed by atoms with Gasteiger partial charge < -0.3 is 16.6 Å². The molecule has 0 bridgehead atoms. The van der Waals surface area contributed by atoms with Crippen molar-refractivity contribution in [3.8, 4) is 0 Å². The van der Waals surface area contributed by atoms with Crippen molar-refractivity contribution in [2.45, 2.75) is 6.23 Å². The Bertz CT molecular complexity index is 269. The lowest BCUT2D eigenvalue weighted by Gasteiger charge is -2.01. The van der Waals surface area contributed by atoms with Crippen molar-refractivity contribution in [1.82, 2.24) is 4.98 Å². The summed E-state index contributed by atoms with van der Waals surface area (Å²) >= 11 is 0. The van der Waals surface area contributed by atoms with E-state index in [-0.39, 0.29) is 0 Å². The van der Waals surface area contributed by atoms with E-state index in [1.54, 1.807) is 18.3 Å². The molecular weight excluding hydrogens is 154 g/mol. The molecule has 0 aromatic carbocycles. The molecule has 0 aliphatic heterocycles. The number of pyridine rings is 1. The number of nitrogens with two attached hydrogens (primary N) is 2. The summed E-state index contributed by atoms with van der Waals surface area (Å²) in [7, 11) is 0. The first kappa shape index (κ1) is 8.70. The van der Waals surface area contributed by atoms with Gasteiger partial charge in [-0.15, -0.1) is 0 Å². The van der Waals surface area contributed by atoms with Gasteiger partial charge in [0.05, 0.1) is 11.4 Å². The zero-order chi connectivity index (χ0) is 8.97. The second kappa shape index (κ2) is 3.85. The van der Waals surface area contributed by atoms with Crippen LogP contribution in [0.1, 0.15) is 5.69 Å². The molecule has 0 aliphatic carbocycles. The van der Waals surface area contributed by atoms with Crippen LogP contribution in [0.2, 0.25) is 0 Å². The highest BCUT2D eigenvalue weighted by Gasteiger charge is 1.97. The molecule has 1 rings (SSSR count). The average molecular weight is 165 g/mol. The third-order valence-electron chi connectivity index (χ3n) is 1.31. The fourth-order valence-electron chi connectivity index (χ4n) is 0.803. The Kier molecular flexibility index (Phi) is 2.79. The number of nitrogens with zero attached hydrogens (tertiary/aromatic N) is 1. The number of hydrogen-bond donors (Lipinski definition) is 3. The highest BCUT2D eigenvalue weighted by Crippen LogP contribution is 2.03. The lowest BCUT2D eigenvalue weighted by Crippen LogP contribution is -2.17. The van der Waals surface area contributed by atoms with Crippen LogP contribution in [0.25, 0.3) is 5.70 Å². The molecule has 1 atom stereocenters. The maximum atomic E-state index is 8.78. The van der Waals surface area contributed by atoms with E-state index < -0.39 is 6.23 Å². The zero-order valence-electron chi connectivity index (χ0n) is 6.51. The molecule has 0 radical (unpaired) electrons. The van der Waals surface area contributed by atoms with Gasteiger partial charge in [0, 0.05) is 6.20 Å². The minimum atomic E-state index is -1.04. The van der Waals surface area contributed by atoms with Crippen LogP contribution in [0.4, 0.5) is 0 Å². The van der Waals surface area contributed by atoms with Crippen molar-refractivity contribution in [2.24, 2.45) is 11.5 Å². The molecule has 0 aliphatic rings. The van der Waals surface area contributed by atoms with Crippen molar-refractivity contribution in [3.05, 3.63) is 36.2 Å². The molecule has 1 heterocycles. The van der Waals surface area contributed by atoms with E-state index >= 15 is 0 Å². The predicted octanol–water partition coefficient (Wildman–Crippen LogP) is -0.342. The molecule has 5 N–H and O–H groups in total. The van der Waals surface area contributed by atoms with Crippen molar-refractivity contribution in [3.63, 3.8) is 0 Å². The van der Waals surface area contributed by atoms with Crippen LogP contribution in [0.15, 0.2) is 30.5 Å². The smallest absolute Gasteiger partial charge is 0.123 e. The van der Waals surface area contributed by atoms with E-state index in [0.717, 1.165) is 0 Å². The maximum Gasteiger partial charge on any atom is 0.123 e. The van der Waals surface area contributed by atoms with Crippen LogP contribution >= 0.6 is 0 Å². The normalized spacial score (nSPS) is 14.3. The first-order valence-corrected chi connectivity index (χ1v) is 3.52. The zero-order valence-corrected chi connectivity index (χ0v) is 6.51. The summed E-state index contributed by atoms with van der Waals surface area (Å²) in [6, 6.07) is 5.34. The Morgan fingerprint density at radius 3 is 2.83 bits per heavy atom. The fraction of sp³-hybridized carbons (Fsp3) is 0.125. The molecule has 0 spiro atoms. The summed E-state index contributed by atoms with van der Waals surface area (Å²) in [5.74, 6) is 0. The quantitative estimate of drug-likeness (QED) is 0.523. The second-order valence-corrected chi connectivity index (χ2v) is 2.33. The standard InChI is InChI=1S/C8H11N3O/c9-6(5-8(10)12)7-3-1-2-4-11-7/h1-5,8,12H,9-10H2/b6-5-/t8-/m0/s1. The van der Waals surface area contributed by atoms with E-state index in [4.69, 9.17) is 16.6 Å². The summed E-state index contributed by atoms with van der Waals surface area (Å²) in [6.45, 7) is 0. The molecule has 1 aromatic rings. The molecule has 0 saturated carbocycles. The van der Waals surface area contributed by atoms with Crippen LogP contribution in [0.3, 0.4) is 0 Å². The lowest BCUT2D eigenvalue weighted by molar-refractivity contribution is 0.232. The highest BCUT2D eigenvalue weighted by molar-refractivity contribution is 5.59. The third kappa shape index (κ3) is 2.34. The number of aliphatic hydroxyl groups is 1. The van der Waals surface area contributed by atoms with E-state index in [1.807, 2.05) is 6.07 Å². The lowest BCUT2D eigenvalue weighted by atomic mass is 10.2. The number of aliphatic hydroxyl groups excluding tert-OH is 1. The van der Waals surface area contributed by atoms with Crippen molar-refractivity contribution >= 4 is 5.70 Å². The first-order valence-electron chi connectivity index (χ1n) is 3.52. The number of hydrogen-bond acceptors (Lipinski definition) is 4. The summed E-state index contributed by atoms with van der Waals surface area (Å²) in [4.78, 5) is 3.97. The highest BCUT2D eigenvalue weighted by atomic mass is 16.3. The molecule has 12 heavy (non-hydrogen) atoms. The average Bonchev–Trinajstić information content (AvgIpc) is 2.05. The predicted molar refractivity (Wildman–Crippen MR) is 46.6 cm³/mol. The Balaban J connectivity index is 2.85. The largest absolute Gasteiger partial charge is 0.397 e. The van der Waals surface area contributed by atoms with Crippen LogP contribution < -0.4 is 11.5 Å². The molecule has 0 fully saturated rings. The molecule has 0 unspecified atom stereocenters. The molecule has 0 amide bonds. The van der Waals surface area contributed by atoms with Gasteiger partial charge in [-0.05, 0) is 18.2 Å². The third-order valence-corrected chi connectivity index (χ3v) is 1.31. The Hall–Kier alpha value is -1.39. The maximum absolute atomic E-state index is 8.78. The van der Waals surface area contributed by atoms with Gasteiger partial charge in [-0.25, -0.2) is 0 Å². The minimum Gasteiger partial charge on any atom is -0.397 e. The number of aromatic nitrogens is 1. The van der Waals surface area contributed by atoms with E-state index in [1.165, 1.54) is 6.08 Å². The van der Waals surface area contributed by atoms with Crippen LogP contribution in [-0.2, 0) is 0 Å². The molecule has 1 aromatic heterocycles. The molecule has 64 valence electrons. The van der Waals surface area contributed by atoms with Crippen LogP contribution in [-0.4, -0.2) is 16.3 Å². The van der Waals surface area contributed by atoms with Crippen molar-refractivity contribution in [2.75, 3.05) is 0 Å². The van der Waals surface area contributed by atoms with Gasteiger partial charge in [-0.3, -0.25) is 4.98 Å².